The number of amides is 1. The number of benzene rings is 2. The molecule has 9 heteroatoms. The van der Waals surface area contributed by atoms with Crippen molar-refractivity contribution in [2.75, 3.05) is 40.6 Å². The van der Waals surface area contributed by atoms with E-state index in [2.05, 4.69) is 10.4 Å². The second-order valence-corrected chi connectivity index (χ2v) is 6.41. The summed E-state index contributed by atoms with van der Waals surface area (Å²) in [5.74, 6) is 1.86. The Morgan fingerprint density at radius 2 is 1.68 bits per heavy atom. The van der Waals surface area contributed by atoms with Crippen LogP contribution in [-0.2, 0) is 4.74 Å². The zero-order valence-corrected chi connectivity index (χ0v) is 17.4. The lowest BCUT2D eigenvalue weighted by Crippen LogP contribution is -2.38. The molecule has 164 valence electrons. The molecule has 0 fully saturated rings. The van der Waals surface area contributed by atoms with Gasteiger partial charge in [-0.15, -0.1) is 5.10 Å². The van der Waals surface area contributed by atoms with Gasteiger partial charge in [0.05, 0.1) is 31.6 Å². The quantitative estimate of drug-likeness (QED) is 0.467. The fourth-order valence-corrected chi connectivity index (χ4v) is 2.83. The molecule has 0 bridgehead atoms. The first-order valence-corrected chi connectivity index (χ1v) is 9.65. The highest BCUT2D eigenvalue weighted by Crippen LogP contribution is 2.29. The molecule has 2 aromatic carbocycles. The lowest BCUT2D eigenvalue weighted by Gasteiger charge is -2.10. The van der Waals surface area contributed by atoms with Crippen LogP contribution in [0.2, 0.25) is 0 Å². The molecule has 0 atom stereocenters. The lowest BCUT2D eigenvalue weighted by atomic mass is 10.1. The Morgan fingerprint density at radius 3 is 2.32 bits per heavy atom. The number of nitrogens with zero attached hydrogens (tertiary/aromatic N) is 2. The zero-order chi connectivity index (χ0) is 22.1. The molecule has 0 spiro atoms. The van der Waals surface area contributed by atoms with Crippen molar-refractivity contribution in [1.29, 1.82) is 0 Å². The summed E-state index contributed by atoms with van der Waals surface area (Å²) in [6.07, 6.45) is -1.32. The molecule has 9 nitrogen and oxygen atoms in total. The molecule has 1 aromatic heterocycles. The minimum absolute atomic E-state index is 0.149. The second kappa shape index (κ2) is 10.9. The molecule has 0 saturated carbocycles. The average molecular weight is 426 g/mol. The van der Waals surface area contributed by atoms with Gasteiger partial charge in [-0.2, -0.15) is 0 Å². The van der Waals surface area contributed by atoms with Gasteiger partial charge in [-0.3, -0.25) is 0 Å². The van der Waals surface area contributed by atoms with E-state index < -0.39 is 6.09 Å². The predicted molar refractivity (Wildman–Crippen MR) is 112 cm³/mol. The summed E-state index contributed by atoms with van der Waals surface area (Å²) in [5.41, 5.74) is 2.60. The molecule has 0 aliphatic carbocycles. The number of carbonyl (C=O) groups excluding carboxylic acids is 1. The van der Waals surface area contributed by atoms with Crippen LogP contribution >= 0.6 is 0 Å². The van der Waals surface area contributed by atoms with Crippen molar-refractivity contribution in [3.05, 3.63) is 54.6 Å². The van der Waals surface area contributed by atoms with E-state index in [-0.39, 0.29) is 13.2 Å². The van der Waals surface area contributed by atoms with E-state index in [1.807, 2.05) is 54.6 Å². The number of carboxylic acid groups (broad SMARTS) is 1. The van der Waals surface area contributed by atoms with Gasteiger partial charge >= 0.3 is 0 Å². The SMILES string of the molecule is COCCOc1cc(-c2ccc(OCCNC(=O)[O-])cc2)n(-c2ccc(OC)cc2)n1. The van der Waals surface area contributed by atoms with Crippen LogP contribution in [0.1, 0.15) is 0 Å². The topological polar surface area (TPSA) is 107 Å². The van der Waals surface area contributed by atoms with Crippen LogP contribution in [0, 0.1) is 0 Å². The third-order valence-electron chi connectivity index (χ3n) is 4.33. The lowest BCUT2D eigenvalue weighted by molar-refractivity contribution is -0.250. The molecular weight excluding hydrogens is 402 g/mol. The Balaban J connectivity index is 1.81. The van der Waals surface area contributed by atoms with Crippen LogP contribution in [-0.4, -0.2) is 56.5 Å². The molecule has 3 aromatic rings. The maximum atomic E-state index is 10.4. The second-order valence-electron chi connectivity index (χ2n) is 6.41. The molecule has 1 amide bonds. The summed E-state index contributed by atoms with van der Waals surface area (Å²) in [6.45, 7) is 1.21. The number of carbonyl (C=O) groups is 1. The van der Waals surface area contributed by atoms with Crippen molar-refractivity contribution in [2.24, 2.45) is 0 Å². The van der Waals surface area contributed by atoms with Gasteiger partial charge in [0.15, 0.2) is 0 Å². The first-order chi connectivity index (χ1) is 15.1. The highest BCUT2D eigenvalue weighted by molar-refractivity contribution is 5.64. The van der Waals surface area contributed by atoms with E-state index >= 15 is 0 Å². The largest absolute Gasteiger partial charge is 0.530 e. The van der Waals surface area contributed by atoms with Gasteiger partial charge in [0.1, 0.15) is 30.8 Å². The standard InChI is InChI=1S/C22H25N3O6/c1-28-13-14-31-21-15-20(25(24-21)17-5-9-18(29-2)10-6-17)16-3-7-19(8-4-16)30-12-11-23-22(26)27/h3-10,15,23H,11-14H2,1-2H3,(H,26,27)/p-1. The van der Waals surface area contributed by atoms with Crippen molar-refractivity contribution < 1.29 is 28.8 Å². The molecule has 3 rings (SSSR count). The molecule has 0 unspecified atom stereocenters. The monoisotopic (exact) mass is 426 g/mol. The van der Waals surface area contributed by atoms with Crippen LogP contribution in [0.4, 0.5) is 4.79 Å². The molecule has 0 aliphatic rings. The number of hydrogen-bond donors (Lipinski definition) is 1. The summed E-state index contributed by atoms with van der Waals surface area (Å²) in [4.78, 5) is 10.4. The van der Waals surface area contributed by atoms with Crippen LogP contribution in [0.3, 0.4) is 0 Å². The first kappa shape index (κ1) is 22.0. The third kappa shape index (κ3) is 6.13. The Morgan fingerprint density at radius 1 is 0.968 bits per heavy atom. The number of ether oxygens (including phenoxy) is 4. The molecule has 1 heterocycles. The number of methoxy groups -OCH3 is 2. The maximum absolute atomic E-state index is 10.4. The van der Waals surface area contributed by atoms with Crippen LogP contribution in [0.15, 0.2) is 54.6 Å². The number of aromatic nitrogens is 2. The van der Waals surface area contributed by atoms with Crippen molar-refractivity contribution in [3.8, 4) is 34.3 Å². The number of nitrogens with one attached hydrogen (secondary N) is 1. The van der Waals surface area contributed by atoms with E-state index in [0.29, 0.717) is 24.8 Å². The summed E-state index contributed by atoms with van der Waals surface area (Å²) in [6, 6.07) is 16.8. The van der Waals surface area contributed by atoms with Crippen LogP contribution < -0.4 is 24.6 Å². The van der Waals surface area contributed by atoms with Gasteiger partial charge in [-0.05, 0) is 48.5 Å². The minimum atomic E-state index is -1.32. The zero-order valence-electron chi connectivity index (χ0n) is 17.4. The molecule has 0 aliphatic heterocycles. The first-order valence-electron chi connectivity index (χ1n) is 9.65. The summed E-state index contributed by atoms with van der Waals surface area (Å²) >= 11 is 0. The Kier molecular flexibility index (Phi) is 7.72. The highest BCUT2D eigenvalue weighted by atomic mass is 16.5. The van der Waals surface area contributed by atoms with Gasteiger partial charge in [-0.25, -0.2) is 4.68 Å². The number of rotatable bonds is 11. The van der Waals surface area contributed by atoms with E-state index in [0.717, 1.165) is 22.7 Å². The Labute approximate surface area is 180 Å². The van der Waals surface area contributed by atoms with E-state index in [4.69, 9.17) is 18.9 Å². The average Bonchev–Trinajstić information content (AvgIpc) is 3.21. The molecule has 31 heavy (non-hydrogen) atoms. The van der Waals surface area contributed by atoms with Crippen LogP contribution in [0.25, 0.3) is 16.9 Å². The van der Waals surface area contributed by atoms with Crippen LogP contribution in [0.5, 0.6) is 17.4 Å². The van der Waals surface area contributed by atoms with Gasteiger partial charge in [-0.1, -0.05) is 0 Å². The Hall–Kier alpha value is -3.72. The molecule has 1 N–H and O–H groups in total. The minimum Gasteiger partial charge on any atom is -0.530 e. The summed E-state index contributed by atoms with van der Waals surface area (Å²) in [5, 5.41) is 17.1. The van der Waals surface area contributed by atoms with Gasteiger partial charge in [0.25, 0.3) is 0 Å². The Bertz CT molecular complexity index is 970. The smallest absolute Gasteiger partial charge is 0.233 e. The van der Waals surface area contributed by atoms with Crippen molar-refractivity contribution in [1.82, 2.24) is 15.1 Å². The normalized spacial score (nSPS) is 10.5. The molecular formula is C22H24N3O6-. The van der Waals surface area contributed by atoms with Crippen molar-refractivity contribution in [2.45, 2.75) is 0 Å². The summed E-state index contributed by atoms with van der Waals surface area (Å²) in [7, 11) is 3.23. The fourth-order valence-electron chi connectivity index (χ4n) is 2.83. The van der Waals surface area contributed by atoms with E-state index in [1.54, 1.807) is 18.9 Å². The van der Waals surface area contributed by atoms with Gasteiger partial charge < -0.3 is 34.2 Å². The van der Waals surface area contributed by atoms with Gasteiger partial charge in [0.2, 0.25) is 5.88 Å². The molecule has 0 saturated heterocycles. The summed E-state index contributed by atoms with van der Waals surface area (Å²) < 4.78 is 23.3. The van der Waals surface area contributed by atoms with Crippen molar-refractivity contribution >= 4 is 6.09 Å². The predicted octanol–water partition coefficient (Wildman–Crippen LogP) is 1.88. The van der Waals surface area contributed by atoms with Gasteiger partial charge in [0, 0.05) is 18.7 Å². The maximum Gasteiger partial charge on any atom is 0.233 e. The third-order valence-corrected chi connectivity index (χ3v) is 4.33. The van der Waals surface area contributed by atoms with Crippen molar-refractivity contribution in [3.63, 3.8) is 0 Å². The molecule has 0 radical (unpaired) electrons. The highest BCUT2D eigenvalue weighted by Gasteiger charge is 2.13. The fraction of sp³-hybridized carbons (Fsp3) is 0.273. The number of hydrogen-bond acceptors (Lipinski definition) is 7. The van der Waals surface area contributed by atoms with E-state index in [1.165, 1.54) is 0 Å². The van der Waals surface area contributed by atoms with E-state index in [9.17, 15) is 9.90 Å².